The van der Waals surface area contributed by atoms with E-state index < -0.39 is 17.7 Å². The van der Waals surface area contributed by atoms with Crippen LogP contribution in [0.2, 0.25) is 0 Å². The number of benzene rings is 2. The summed E-state index contributed by atoms with van der Waals surface area (Å²) in [6, 6.07) is 14.9. The molecule has 3 aliphatic heterocycles. The Morgan fingerprint density at radius 1 is 1.00 bits per heavy atom. The molecule has 2 aromatic carbocycles. The summed E-state index contributed by atoms with van der Waals surface area (Å²) in [4.78, 5) is 21.0. The van der Waals surface area contributed by atoms with Gasteiger partial charge in [-0.05, 0) is 115 Å². The standard InChI is InChI=1S/C41H51N3O5/c1-26-21-32-30-14-12-15-31(24-30)33-25-44-35(42-33)23-28(3)36(37(39(45)46-9)49-40(5,6)7)38(44)43-18-16-41(8,17-19-43)47-20-11-10-13-29(4)48-34(32)22-27(26)2/h10-12,14-15,21-25,29,37H,13,16-20H2,1-9H3/b11-10-/t29-,37-/m0/s1. The van der Waals surface area contributed by atoms with E-state index in [1.807, 2.05) is 33.8 Å². The number of esters is 1. The number of methoxy groups -OCH3 is 1. The summed E-state index contributed by atoms with van der Waals surface area (Å²) in [5.41, 5.74) is 8.03. The average molecular weight is 666 g/mol. The van der Waals surface area contributed by atoms with Crippen molar-refractivity contribution >= 4 is 17.4 Å². The van der Waals surface area contributed by atoms with Crippen molar-refractivity contribution in [3.8, 4) is 28.1 Å². The Morgan fingerprint density at radius 3 is 2.43 bits per heavy atom. The minimum atomic E-state index is -0.913. The van der Waals surface area contributed by atoms with Gasteiger partial charge >= 0.3 is 5.97 Å². The first kappa shape index (κ1) is 34.7. The van der Waals surface area contributed by atoms with Gasteiger partial charge in [0.25, 0.3) is 0 Å². The van der Waals surface area contributed by atoms with E-state index in [1.165, 1.54) is 18.2 Å². The molecule has 8 heteroatoms. The molecule has 6 bridgehead atoms. The van der Waals surface area contributed by atoms with Crippen LogP contribution in [0.15, 0.2) is 60.8 Å². The second-order valence-corrected chi connectivity index (χ2v) is 14.9. The van der Waals surface area contributed by atoms with Crippen molar-refractivity contribution in [1.29, 1.82) is 0 Å². The van der Waals surface area contributed by atoms with Crippen LogP contribution in [-0.2, 0) is 19.0 Å². The third-order valence-corrected chi connectivity index (χ3v) is 9.80. The van der Waals surface area contributed by atoms with Crippen LogP contribution in [0.25, 0.3) is 28.0 Å². The van der Waals surface area contributed by atoms with Gasteiger partial charge in [-0.15, -0.1) is 0 Å². The van der Waals surface area contributed by atoms with Crippen LogP contribution in [-0.4, -0.2) is 59.5 Å². The Hall–Kier alpha value is -4.14. The van der Waals surface area contributed by atoms with Crippen molar-refractivity contribution in [3.63, 3.8) is 0 Å². The highest BCUT2D eigenvalue weighted by Crippen LogP contribution is 2.41. The van der Waals surface area contributed by atoms with Crippen molar-refractivity contribution in [2.24, 2.45) is 0 Å². The fraction of sp³-hybridized carbons (Fsp3) is 0.463. The van der Waals surface area contributed by atoms with E-state index in [-0.39, 0.29) is 11.7 Å². The minimum Gasteiger partial charge on any atom is -0.490 e. The molecule has 8 nitrogen and oxygen atoms in total. The quantitative estimate of drug-likeness (QED) is 0.160. The fourth-order valence-corrected chi connectivity index (χ4v) is 6.88. The molecule has 0 amide bonds. The van der Waals surface area contributed by atoms with E-state index in [1.54, 1.807) is 0 Å². The molecule has 49 heavy (non-hydrogen) atoms. The van der Waals surface area contributed by atoms with Gasteiger partial charge in [0.2, 0.25) is 0 Å². The van der Waals surface area contributed by atoms with E-state index in [4.69, 9.17) is 23.9 Å². The molecule has 3 aliphatic rings. The van der Waals surface area contributed by atoms with E-state index >= 15 is 0 Å². The lowest BCUT2D eigenvalue weighted by Gasteiger charge is -2.41. The lowest BCUT2D eigenvalue weighted by atomic mass is 9.92. The molecular formula is C41H51N3O5. The Kier molecular flexibility index (Phi) is 9.66. The fourth-order valence-electron chi connectivity index (χ4n) is 6.88. The van der Waals surface area contributed by atoms with E-state index in [9.17, 15) is 4.79 Å². The molecule has 0 unspecified atom stereocenters. The number of carbonyl (C=O) groups excluding carboxylic acids is 1. The van der Waals surface area contributed by atoms with Gasteiger partial charge in [-0.1, -0.05) is 30.4 Å². The van der Waals surface area contributed by atoms with Crippen molar-refractivity contribution in [2.75, 3.05) is 31.7 Å². The highest BCUT2D eigenvalue weighted by Gasteiger charge is 2.37. The summed E-state index contributed by atoms with van der Waals surface area (Å²) in [6.07, 6.45) is 7.89. The van der Waals surface area contributed by atoms with Gasteiger partial charge in [-0.25, -0.2) is 9.78 Å². The van der Waals surface area contributed by atoms with Crippen LogP contribution in [0.3, 0.4) is 0 Å². The van der Waals surface area contributed by atoms with Gasteiger partial charge in [0.1, 0.15) is 17.2 Å². The summed E-state index contributed by atoms with van der Waals surface area (Å²) in [5, 5.41) is 0. The first-order chi connectivity index (χ1) is 23.2. The lowest BCUT2D eigenvalue weighted by molar-refractivity contribution is -0.164. The van der Waals surface area contributed by atoms with Crippen molar-refractivity contribution in [2.45, 2.75) is 98.1 Å². The number of hydrogen-bond acceptors (Lipinski definition) is 7. The number of aromatic nitrogens is 2. The molecule has 1 fully saturated rings. The molecule has 0 aliphatic carbocycles. The molecule has 1 saturated heterocycles. The normalized spacial score (nSPS) is 21.2. The van der Waals surface area contributed by atoms with E-state index in [2.05, 4.69) is 91.7 Å². The van der Waals surface area contributed by atoms with Gasteiger partial charge in [0, 0.05) is 42.4 Å². The topological polar surface area (TPSA) is 74.5 Å². The monoisotopic (exact) mass is 665 g/mol. The Morgan fingerprint density at radius 2 is 1.71 bits per heavy atom. The summed E-state index contributed by atoms with van der Waals surface area (Å²) in [5.74, 6) is 1.35. The Labute approximate surface area is 291 Å². The number of fused-ring (bicyclic) bond motifs is 7. The number of nitrogens with zero attached hydrogens (tertiary/aromatic N) is 3. The number of aryl methyl sites for hydroxylation is 3. The zero-order valence-electron chi connectivity index (χ0n) is 30.6. The average Bonchev–Trinajstić information content (AvgIpc) is 3.47. The third-order valence-electron chi connectivity index (χ3n) is 9.80. The summed E-state index contributed by atoms with van der Waals surface area (Å²) in [7, 11) is 1.42. The van der Waals surface area contributed by atoms with Gasteiger partial charge < -0.3 is 23.8 Å². The van der Waals surface area contributed by atoms with Crippen LogP contribution >= 0.6 is 0 Å². The van der Waals surface area contributed by atoms with Gasteiger partial charge in [-0.2, -0.15) is 0 Å². The zero-order valence-corrected chi connectivity index (χ0v) is 30.6. The predicted octanol–water partition coefficient (Wildman–Crippen LogP) is 8.73. The lowest BCUT2D eigenvalue weighted by Crippen LogP contribution is -2.45. The van der Waals surface area contributed by atoms with Gasteiger partial charge in [-0.3, -0.25) is 4.40 Å². The van der Waals surface area contributed by atoms with E-state index in [0.717, 1.165) is 83.1 Å². The molecular weight excluding hydrogens is 614 g/mol. The van der Waals surface area contributed by atoms with Gasteiger partial charge in [0.15, 0.2) is 6.10 Å². The van der Waals surface area contributed by atoms with Gasteiger partial charge in [0.05, 0.1) is 36.7 Å². The van der Waals surface area contributed by atoms with Crippen LogP contribution in [0.5, 0.6) is 5.75 Å². The Bertz CT molecular complexity index is 1880. The second-order valence-electron chi connectivity index (χ2n) is 14.9. The van der Waals surface area contributed by atoms with Crippen LogP contribution in [0.1, 0.15) is 82.2 Å². The number of ether oxygens (including phenoxy) is 4. The first-order valence-corrected chi connectivity index (χ1v) is 17.5. The Balaban J connectivity index is 1.56. The maximum Gasteiger partial charge on any atom is 0.339 e. The molecule has 0 radical (unpaired) electrons. The molecule has 7 rings (SSSR count). The van der Waals surface area contributed by atoms with Crippen LogP contribution < -0.4 is 9.64 Å². The summed E-state index contributed by atoms with van der Waals surface area (Å²) >= 11 is 0. The number of imidazole rings is 1. The largest absolute Gasteiger partial charge is 0.490 e. The molecule has 260 valence electrons. The maximum atomic E-state index is 13.5. The highest BCUT2D eigenvalue weighted by atomic mass is 16.6. The van der Waals surface area contributed by atoms with Crippen LogP contribution in [0.4, 0.5) is 5.82 Å². The molecule has 5 heterocycles. The van der Waals surface area contributed by atoms with Crippen molar-refractivity contribution in [3.05, 3.63) is 83.1 Å². The zero-order chi connectivity index (χ0) is 35.1. The number of rotatable bonds is 3. The highest BCUT2D eigenvalue weighted by molar-refractivity contribution is 5.82. The van der Waals surface area contributed by atoms with Crippen molar-refractivity contribution in [1.82, 2.24) is 9.38 Å². The molecule has 0 N–H and O–H groups in total. The smallest absolute Gasteiger partial charge is 0.339 e. The second kappa shape index (κ2) is 13.6. The van der Waals surface area contributed by atoms with Crippen molar-refractivity contribution < 1.29 is 23.7 Å². The number of pyridine rings is 1. The third kappa shape index (κ3) is 7.41. The minimum absolute atomic E-state index is 0.00455. The molecule has 0 spiro atoms. The predicted molar refractivity (Wildman–Crippen MR) is 196 cm³/mol. The first-order valence-electron chi connectivity index (χ1n) is 17.5. The summed E-state index contributed by atoms with van der Waals surface area (Å²) in [6.45, 7) is 18.5. The van der Waals surface area contributed by atoms with E-state index in [0.29, 0.717) is 6.61 Å². The SMILES string of the molecule is COC(=O)[C@@H](OC(C)(C)C)c1c(C)cc2nc3cn2c1N1CCC(C)(CC1)OC/C=C\C[C@H](C)Oc1cc(C)c(C)cc1-c1cccc-3c1. The number of hydrogen-bond donors (Lipinski definition) is 0. The summed E-state index contributed by atoms with van der Waals surface area (Å²) < 4.78 is 27.0. The molecule has 0 saturated carbocycles. The molecule has 4 aromatic rings. The number of piperidine rings is 1. The van der Waals surface area contributed by atoms with Crippen LogP contribution in [0, 0.1) is 20.8 Å². The molecule has 2 atom stereocenters. The molecule has 2 aromatic heterocycles. The number of anilines is 1. The maximum absolute atomic E-state index is 13.5. The number of carbonyl (C=O) groups is 1.